The van der Waals surface area contributed by atoms with Crippen molar-refractivity contribution in [2.24, 2.45) is 17.8 Å². The molecular formula is C20H25NO2. The second-order valence-electron chi connectivity index (χ2n) is 7.07. The molecule has 0 spiro atoms. The highest BCUT2D eigenvalue weighted by atomic mass is 16.5. The van der Waals surface area contributed by atoms with Crippen LogP contribution in [0.15, 0.2) is 24.3 Å². The van der Waals surface area contributed by atoms with Crippen molar-refractivity contribution >= 4 is 5.97 Å². The fourth-order valence-electron chi connectivity index (χ4n) is 4.23. The number of hydrogen-bond donors (Lipinski definition) is 0. The summed E-state index contributed by atoms with van der Waals surface area (Å²) in [7, 11) is 0. The van der Waals surface area contributed by atoms with Crippen LogP contribution >= 0.6 is 0 Å². The minimum atomic E-state index is -0.100. The Kier molecular flexibility index (Phi) is 5.33. The Hall–Kier alpha value is -1.82. The van der Waals surface area contributed by atoms with E-state index in [1.165, 1.54) is 44.9 Å². The number of carbonyl (C=O) groups excluding carboxylic acids is 1. The first-order valence-corrected chi connectivity index (χ1v) is 8.98. The van der Waals surface area contributed by atoms with E-state index in [1.807, 2.05) is 0 Å². The van der Waals surface area contributed by atoms with Gasteiger partial charge >= 0.3 is 5.97 Å². The summed E-state index contributed by atoms with van der Waals surface area (Å²) in [4.78, 5) is 12.3. The van der Waals surface area contributed by atoms with Crippen LogP contribution in [0.2, 0.25) is 0 Å². The normalized spacial score (nSPS) is 25.5. The molecule has 1 aromatic carbocycles. The Bertz CT molecular complexity index is 558. The van der Waals surface area contributed by atoms with Crippen LogP contribution in [0.1, 0.15) is 63.4 Å². The number of esters is 1. The maximum atomic E-state index is 12.3. The molecule has 0 heterocycles. The van der Waals surface area contributed by atoms with Gasteiger partial charge in [0.15, 0.2) is 0 Å². The summed E-state index contributed by atoms with van der Waals surface area (Å²) >= 11 is 0. The summed E-state index contributed by atoms with van der Waals surface area (Å²) < 4.78 is 5.49. The molecule has 0 aromatic heterocycles. The Morgan fingerprint density at radius 2 is 1.52 bits per heavy atom. The Morgan fingerprint density at radius 3 is 2.13 bits per heavy atom. The predicted octanol–water partition coefficient (Wildman–Crippen LogP) is 4.85. The van der Waals surface area contributed by atoms with E-state index in [2.05, 4.69) is 6.07 Å². The van der Waals surface area contributed by atoms with Gasteiger partial charge in [-0.3, -0.25) is 4.79 Å². The molecule has 2 fully saturated rings. The Morgan fingerprint density at radius 1 is 0.913 bits per heavy atom. The zero-order valence-electron chi connectivity index (χ0n) is 13.7. The van der Waals surface area contributed by atoms with E-state index in [0.29, 0.717) is 11.3 Å². The summed E-state index contributed by atoms with van der Waals surface area (Å²) in [6.07, 6.45) is 11.3. The van der Waals surface area contributed by atoms with Crippen molar-refractivity contribution in [1.29, 1.82) is 5.26 Å². The lowest BCUT2D eigenvalue weighted by Crippen LogP contribution is -2.29. The van der Waals surface area contributed by atoms with Crippen LogP contribution in [0, 0.1) is 29.1 Å². The van der Waals surface area contributed by atoms with Gasteiger partial charge in [-0.05, 0) is 61.8 Å². The van der Waals surface area contributed by atoms with E-state index in [0.717, 1.165) is 24.7 Å². The standard InChI is InChI=1S/C20H25NO2/c21-14-15-6-12-19(13-7-15)23-20(22)18-10-8-17(9-11-18)16-4-2-1-3-5-16/h6-7,12-13,16-18H,1-5,8-11H2. The van der Waals surface area contributed by atoms with E-state index >= 15 is 0 Å². The molecule has 2 aliphatic rings. The second kappa shape index (κ2) is 7.64. The van der Waals surface area contributed by atoms with E-state index < -0.39 is 0 Å². The number of carbonyl (C=O) groups is 1. The molecule has 0 atom stereocenters. The van der Waals surface area contributed by atoms with Gasteiger partial charge in [-0.1, -0.05) is 32.1 Å². The number of benzene rings is 1. The van der Waals surface area contributed by atoms with Crippen molar-refractivity contribution in [1.82, 2.24) is 0 Å². The molecule has 0 N–H and O–H groups in total. The minimum absolute atomic E-state index is 0.0467. The van der Waals surface area contributed by atoms with Gasteiger partial charge in [-0.25, -0.2) is 0 Å². The zero-order chi connectivity index (χ0) is 16.1. The van der Waals surface area contributed by atoms with Gasteiger partial charge in [0.25, 0.3) is 0 Å². The van der Waals surface area contributed by atoms with Gasteiger partial charge in [0.2, 0.25) is 0 Å². The summed E-state index contributed by atoms with van der Waals surface area (Å²) in [6.45, 7) is 0. The van der Waals surface area contributed by atoms with Crippen molar-refractivity contribution in [3.63, 3.8) is 0 Å². The van der Waals surface area contributed by atoms with Crippen molar-refractivity contribution in [2.75, 3.05) is 0 Å². The molecular weight excluding hydrogens is 286 g/mol. The third-order valence-corrected chi connectivity index (χ3v) is 5.62. The van der Waals surface area contributed by atoms with Gasteiger partial charge in [-0.15, -0.1) is 0 Å². The number of hydrogen-bond acceptors (Lipinski definition) is 3. The summed E-state index contributed by atoms with van der Waals surface area (Å²) in [5, 5.41) is 8.79. The highest BCUT2D eigenvalue weighted by Gasteiger charge is 2.32. The molecule has 3 nitrogen and oxygen atoms in total. The van der Waals surface area contributed by atoms with Crippen LogP contribution < -0.4 is 4.74 Å². The molecule has 0 amide bonds. The van der Waals surface area contributed by atoms with Crippen LogP contribution in [-0.2, 0) is 4.79 Å². The first kappa shape index (κ1) is 16.1. The number of nitrogens with zero attached hydrogens (tertiary/aromatic N) is 1. The van der Waals surface area contributed by atoms with Crippen molar-refractivity contribution in [3.05, 3.63) is 29.8 Å². The molecule has 3 heteroatoms. The van der Waals surface area contributed by atoms with Crippen LogP contribution in [0.3, 0.4) is 0 Å². The topological polar surface area (TPSA) is 50.1 Å². The molecule has 23 heavy (non-hydrogen) atoms. The average Bonchev–Trinajstić information content (AvgIpc) is 2.63. The van der Waals surface area contributed by atoms with E-state index in [9.17, 15) is 4.79 Å². The molecule has 3 rings (SSSR count). The monoisotopic (exact) mass is 311 g/mol. The molecule has 2 aliphatic carbocycles. The third kappa shape index (κ3) is 4.13. The van der Waals surface area contributed by atoms with E-state index in [1.54, 1.807) is 24.3 Å². The molecule has 0 unspecified atom stereocenters. The summed E-state index contributed by atoms with van der Waals surface area (Å²) in [6, 6.07) is 8.83. The first-order valence-electron chi connectivity index (χ1n) is 8.98. The van der Waals surface area contributed by atoms with E-state index in [-0.39, 0.29) is 11.9 Å². The van der Waals surface area contributed by atoms with Crippen LogP contribution in [0.4, 0.5) is 0 Å². The predicted molar refractivity (Wildman–Crippen MR) is 88.8 cm³/mol. The van der Waals surface area contributed by atoms with Gasteiger partial charge in [0.05, 0.1) is 17.6 Å². The third-order valence-electron chi connectivity index (χ3n) is 5.62. The van der Waals surface area contributed by atoms with Gasteiger partial charge in [0.1, 0.15) is 5.75 Å². The zero-order valence-corrected chi connectivity index (χ0v) is 13.7. The van der Waals surface area contributed by atoms with Crippen LogP contribution in [0.5, 0.6) is 5.75 Å². The SMILES string of the molecule is N#Cc1ccc(OC(=O)C2CCC(C3CCCCC3)CC2)cc1. The molecule has 0 saturated heterocycles. The highest BCUT2D eigenvalue weighted by molar-refractivity contribution is 5.75. The fraction of sp³-hybridized carbons (Fsp3) is 0.600. The van der Waals surface area contributed by atoms with Crippen molar-refractivity contribution in [2.45, 2.75) is 57.8 Å². The molecule has 0 radical (unpaired) electrons. The maximum absolute atomic E-state index is 12.3. The molecule has 0 aliphatic heterocycles. The lowest BCUT2D eigenvalue weighted by molar-refractivity contribution is -0.140. The quantitative estimate of drug-likeness (QED) is 0.592. The van der Waals surface area contributed by atoms with Crippen LogP contribution in [0.25, 0.3) is 0 Å². The lowest BCUT2D eigenvalue weighted by atomic mass is 9.71. The smallest absolute Gasteiger partial charge is 0.314 e. The minimum Gasteiger partial charge on any atom is -0.426 e. The van der Waals surface area contributed by atoms with Gasteiger partial charge in [0, 0.05) is 0 Å². The first-order chi connectivity index (χ1) is 11.3. The fourth-order valence-corrected chi connectivity index (χ4v) is 4.23. The Labute approximate surface area is 138 Å². The highest BCUT2D eigenvalue weighted by Crippen LogP contribution is 2.40. The van der Waals surface area contributed by atoms with Crippen molar-refractivity contribution in [3.8, 4) is 11.8 Å². The summed E-state index contributed by atoms with van der Waals surface area (Å²) in [5.74, 6) is 2.22. The average molecular weight is 311 g/mol. The van der Waals surface area contributed by atoms with Crippen molar-refractivity contribution < 1.29 is 9.53 Å². The lowest BCUT2D eigenvalue weighted by Gasteiger charge is -2.35. The number of ether oxygens (including phenoxy) is 1. The number of rotatable bonds is 3. The largest absolute Gasteiger partial charge is 0.426 e. The molecule has 1 aromatic rings. The van der Waals surface area contributed by atoms with Crippen LogP contribution in [-0.4, -0.2) is 5.97 Å². The van der Waals surface area contributed by atoms with Gasteiger partial charge < -0.3 is 4.74 Å². The number of nitriles is 1. The molecule has 0 bridgehead atoms. The molecule has 2 saturated carbocycles. The summed E-state index contributed by atoms with van der Waals surface area (Å²) in [5.41, 5.74) is 0.581. The maximum Gasteiger partial charge on any atom is 0.314 e. The molecule has 122 valence electrons. The van der Waals surface area contributed by atoms with Gasteiger partial charge in [-0.2, -0.15) is 5.26 Å². The Balaban J connectivity index is 1.48. The van der Waals surface area contributed by atoms with E-state index in [4.69, 9.17) is 10.00 Å². The second-order valence-corrected chi connectivity index (χ2v) is 7.07.